The maximum atomic E-state index is 12.9. The van der Waals surface area contributed by atoms with Crippen molar-refractivity contribution in [1.82, 2.24) is 4.90 Å². The van der Waals surface area contributed by atoms with Crippen LogP contribution in [0.3, 0.4) is 0 Å². The number of rotatable bonds is 1. The number of allylic oxidation sites excluding steroid dienone is 2. The van der Waals surface area contributed by atoms with Crippen LogP contribution in [-0.4, -0.2) is 36.5 Å². The minimum atomic E-state index is -4.22. The molecule has 0 N–H and O–H groups in total. The minimum absolute atomic E-state index is 0.0559. The molecule has 0 saturated carbocycles. The lowest BCUT2D eigenvalue weighted by Crippen LogP contribution is -2.36. The Morgan fingerprint density at radius 1 is 1.14 bits per heavy atom. The lowest BCUT2D eigenvalue weighted by molar-refractivity contribution is -0.0954. The van der Waals surface area contributed by atoms with E-state index in [-0.39, 0.29) is 12.5 Å². The maximum absolute atomic E-state index is 12.9. The van der Waals surface area contributed by atoms with Gasteiger partial charge in [-0.2, -0.15) is 13.2 Å². The maximum Gasteiger partial charge on any atom is 0.412 e. The summed E-state index contributed by atoms with van der Waals surface area (Å²) in [5.74, 6) is 1.25. The molecule has 1 heterocycles. The van der Waals surface area contributed by atoms with E-state index in [2.05, 4.69) is 17.0 Å². The van der Waals surface area contributed by atoms with Gasteiger partial charge >= 0.3 is 6.18 Å². The second-order valence-electron chi connectivity index (χ2n) is 5.84. The highest BCUT2D eigenvalue weighted by molar-refractivity contribution is 8.03. The Bertz CT molecular complexity index is 592. The van der Waals surface area contributed by atoms with Gasteiger partial charge in [0.25, 0.3) is 0 Å². The van der Waals surface area contributed by atoms with Crippen molar-refractivity contribution in [2.45, 2.75) is 24.6 Å². The summed E-state index contributed by atoms with van der Waals surface area (Å²) < 4.78 is 38.8. The number of halogens is 3. The Hall–Kier alpha value is -1.20. The topological polar surface area (TPSA) is 3.24 Å². The fraction of sp³-hybridized carbons (Fsp3) is 0.412. The van der Waals surface area contributed by atoms with Crippen LogP contribution in [0.2, 0.25) is 0 Å². The first kappa shape index (κ1) is 15.7. The molecule has 3 rings (SSSR count). The van der Waals surface area contributed by atoms with Crippen LogP contribution in [0, 0.1) is 0 Å². The number of nitrogens with zero attached hydrogens (tertiary/aromatic N) is 1. The fourth-order valence-electron chi connectivity index (χ4n) is 3.05. The molecule has 0 radical (unpaired) electrons. The van der Waals surface area contributed by atoms with E-state index in [1.165, 1.54) is 11.6 Å². The van der Waals surface area contributed by atoms with Crippen molar-refractivity contribution >= 4 is 11.8 Å². The number of fused-ring (bicyclic) bond motifs is 1. The first-order valence-corrected chi connectivity index (χ1v) is 8.29. The van der Waals surface area contributed by atoms with Crippen molar-refractivity contribution in [3.8, 4) is 0 Å². The number of alkyl halides is 3. The third-order valence-corrected chi connectivity index (χ3v) is 5.63. The first-order valence-electron chi connectivity index (χ1n) is 7.31. The normalized spacial score (nSPS) is 26.7. The SMILES string of the molecule is CN1CC(c2ccccc2)CSC2=CC=C(C(F)(F)F)CC21. The molecule has 0 spiro atoms. The molecule has 2 unspecified atom stereocenters. The van der Waals surface area contributed by atoms with Gasteiger partial charge in [0.15, 0.2) is 0 Å². The molecule has 1 saturated heterocycles. The van der Waals surface area contributed by atoms with E-state index < -0.39 is 11.7 Å². The summed E-state index contributed by atoms with van der Waals surface area (Å²) in [6.45, 7) is 0.782. The Labute approximate surface area is 132 Å². The molecule has 0 aromatic heterocycles. The second-order valence-corrected chi connectivity index (χ2v) is 6.93. The van der Waals surface area contributed by atoms with Crippen molar-refractivity contribution in [2.75, 3.05) is 19.3 Å². The van der Waals surface area contributed by atoms with Gasteiger partial charge < -0.3 is 0 Å². The Kier molecular flexibility index (Phi) is 4.37. The van der Waals surface area contributed by atoms with Gasteiger partial charge in [-0.15, -0.1) is 11.8 Å². The summed E-state index contributed by atoms with van der Waals surface area (Å²) in [7, 11) is 1.93. The third kappa shape index (κ3) is 3.25. The number of likely N-dealkylation sites (N-methyl/N-ethyl adjacent to an activating group) is 1. The van der Waals surface area contributed by atoms with Crippen LogP contribution in [-0.2, 0) is 0 Å². The molecule has 22 heavy (non-hydrogen) atoms. The van der Waals surface area contributed by atoms with E-state index >= 15 is 0 Å². The monoisotopic (exact) mass is 325 g/mol. The molecule has 1 aliphatic heterocycles. The lowest BCUT2D eigenvalue weighted by Gasteiger charge is -2.31. The van der Waals surface area contributed by atoms with Gasteiger partial charge in [-0.3, -0.25) is 4.90 Å². The molecule has 1 aromatic carbocycles. The van der Waals surface area contributed by atoms with E-state index in [9.17, 15) is 13.2 Å². The van der Waals surface area contributed by atoms with Crippen molar-refractivity contribution in [3.63, 3.8) is 0 Å². The van der Waals surface area contributed by atoms with Crippen LogP contribution in [0.5, 0.6) is 0 Å². The van der Waals surface area contributed by atoms with E-state index in [0.29, 0.717) is 5.92 Å². The smallest absolute Gasteiger partial charge is 0.298 e. The van der Waals surface area contributed by atoms with Crippen LogP contribution in [0.25, 0.3) is 0 Å². The number of hydrogen-bond donors (Lipinski definition) is 0. The first-order chi connectivity index (χ1) is 10.4. The second kappa shape index (κ2) is 6.13. The van der Waals surface area contributed by atoms with Crippen LogP contribution in [0.15, 0.2) is 53.0 Å². The van der Waals surface area contributed by atoms with Crippen molar-refractivity contribution in [1.29, 1.82) is 0 Å². The molecule has 1 fully saturated rings. The van der Waals surface area contributed by atoms with Gasteiger partial charge in [-0.1, -0.05) is 42.5 Å². The van der Waals surface area contributed by atoms with Crippen molar-refractivity contribution < 1.29 is 13.2 Å². The third-order valence-electron chi connectivity index (χ3n) is 4.32. The Morgan fingerprint density at radius 3 is 2.55 bits per heavy atom. The Morgan fingerprint density at radius 2 is 1.86 bits per heavy atom. The van der Waals surface area contributed by atoms with E-state index in [0.717, 1.165) is 17.2 Å². The fourth-order valence-corrected chi connectivity index (χ4v) is 4.36. The highest BCUT2D eigenvalue weighted by Crippen LogP contribution is 2.41. The lowest BCUT2D eigenvalue weighted by atomic mass is 9.96. The predicted octanol–water partition coefficient (Wildman–Crippen LogP) is 4.59. The zero-order chi connectivity index (χ0) is 15.7. The molecule has 0 bridgehead atoms. The standard InChI is InChI=1S/C17H18F3NS/c1-21-10-13(12-5-3-2-4-6-12)11-22-16-8-7-14(9-15(16)21)17(18,19)20/h2-8,13,15H,9-11H2,1H3. The molecule has 5 heteroatoms. The molecule has 1 aromatic rings. The summed E-state index contributed by atoms with van der Waals surface area (Å²) in [6.07, 6.45) is -1.26. The van der Waals surface area contributed by atoms with Crippen LogP contribution < -0.4 is 0 Å². The summed E-state index contributed by atoms with van der Waals surface area (Å²) >= 11 is 1.69. The summed E-state index contributed by atoms with van der Waals surface area (Å²) in [5.41, 5.74) is 0.831. The van der Waals surface area contributed by atoms with Crippen LogP contribution >= 0.6 is 11.8 Å². The number of thioether (sulfide) groups is 1. The average molecular weight is 325 g/mol. The van der Waals surface area contributed by atoms with Gasteiger partial charge in [-0.05, 0) is 19.0 Å². The summed E-state index contributed by atoms with van der Waals surface area (Å²) in [6, 6.07) is 10.1. The molecule has 0 amide bonds. The summed E-state index contributed by atoms with van der Waals surface area (Å²) in [4.78, 5) is 3.12. The van der Waals surface area contributed by atoms with Crippen molar-refractivity contribution in [2.24, 2.45) is 0 Å². The van der Waals surface area contributed by atoms with Crippen LogP contribution in [0.4, 0.5) is 13.2 Å². The molecule has 2 aliphatic rings. The van der Waals surface area contributed by atoms with E-state index in [1.807, 2.05) is 25.2 Å². The molecule has 1 aliphatic carbocycles. The quantitative estimate of drug-likeness (QED) is 0.743. The van der Waals surface area contributed by atoms with Gasteiger partial charge in [0.2, 0.25) is 0 Å². The predicted molar refractivity (Wildman–Crippen MR) is 84.9 cm³/mol. The molecule has 118 valence electrons. The molecule has 1 nitrogen and oxygen atoms in total. The molecular formula is C17H18F3NS. The van der Waals surface area contributed by atoms with Gasteiger partial charge in [0.1, 0.15) is 0 Å². The molecular weight excluding hydrogens is 307 g/mol. The van der Waals surface area contributed by atoms with Crippen LogP contribution in [0.1, 0.15) is 17.9 Å². The zero-order valence-electron chi connectivity index (χ0n) is 12.3. The zero-order valence-corrected chi connectivity index (χ0v) is 13.1. The van der Waals surface area contributed by atoms with E-state index in [4.69, 9.17) is 0 Å². The van der Waals surface area contributed by atoms with Gasteiger partial charge in [0, 0.05) is 34.7 Å². The highest BCUT2D eigenvalue weighted by atomic mass is 32.2. The number of hydrogen-bond acceptors (Lipinski definition) is 2. The van der Waals surface area contributed by atoms with Gasteiger partial charge in [-0.25, -0.2) is 0 Å². The van der Waals surface area contributed by atoms with Crippen molar-refractivity contribution in [3.05, 3.63) is 58.5 Å². The molecule has 2 atom stereocenters. The Balaban J connectivity index is 1.80. The summed E-state index contributed by atoms with van der Waals surface area (Å²) in [5, 5.41) is 0. The number of benzene rings is 1. The van der Waals surface area contributed by atoms with Gasteiger partial charge in [0.05, 0.1) is 0 Å². The minimum Gasteiger partial charge on any atom is -0.298 e. The average Bonchev–Trinajstić information content (AvgIpc) is 2.66. The van der Waals surface area contributed by atoms with E-state index in [1.54, 1.807) is 17.8 Å². The highest BCUT2D eigenvalue weighted by Gasteiger charge is 2.39. The largest absolute Gasteiger partial charge is 0.412 e.